The lowest BCUT2D eigenvalue weighted by Crippen LogP contribution is -2.61. The number of rotatable bonds is 4. The fraction of sp³-hybridized carbons (Fsp3) is 0.810. The summed E-state index contributed by atoms with van der Waals surface area (Å²) >= 11 is 0. The average Bonchev–Trinajstić information content (AvgIpc) is 2.71. The number of allylic oxidation sites excluding steroid dienone is 2. The third kappa shape index (κ3) is 7.26. The van der Waals surface area contributed by atoms with Crippen LogP contribution in [0.1, 0.15) is 74.1 Å². The highest BCUT2D eigenvalue weighted by atomic mass is 16.4. The molecule has 1 saturated heterocycles. The van der Waals surface area contributed by atoms with Gasteiger partial charge in [0.05, 0.1) is 0 Å². The average molecular weight is 383 g/mol. The van der Waals surface area contributed by atoms with Gasteiger partial charge in [0.15, 0.2) is 0 Å². The molecule has 4 N–H and O–H groups in total. The minimum atomic E-state index is -1.82. The molecular formula is C21H38N2O4. The minimum absolute atomic E-state index is 0.240. The molecule has 1 fully saturated rings. The molecule has 0 saturated carbocycles. The van der Waals surface area contributed by atoms with E-state index < -0.39 is 11.9 Å². The summed E-state index contributed by atoms with van der Waals surface area (Å²) in [7, 11) is 0. The summed E-state index contributed by atoms with van der Waals surface area (Å²) in [6.07, 6.45) is 7.46. The number of aliphatic carboxylic acids is 2. The molecule has 2 rings (SSSR count). The Kier molecular flexibility index (Phi) is 7.65. The second kappa shape index (κ2) is 8.74. The normalized spacial score (nSPS) is 25.9. The first-order valence-electron chi connectivity index (χ1n) is 9.82. The van der Waals surface area contributed by atoms with Crippen molar-refractivity contribution in [3.8, 4) is 0 Å². The van der Waals surface area contributed by atoms with E-state index >= 15 is 0 Å². The van der Waals surface area contributed by atoms with Crippen molar-refractivity contribution in [1.82, 2.24) is 10.6 Å². The topological polar surface area (TPSA) is 98.7 Å². The molecule has 0 bridgehead atoms. The fourth-order valence-electron chi connectivity index (χ4n) is 4.61. The van der Waals surface area contributed by atoms with Gasteiger partial charge in [-0.05, 0) is 78.2 Å². The molecule has 27 heavy (non-hydrogen) atoms. The lowest BCUT2D eigenvalue weighted by Gasteiger charge is -2.47. The molecule has 6 heteroatoms. The van der Waals surface area contributed by atoms with Crippen molar-refractivity contribution in [3.63, 3.8) is 0 Å². The van der Waals surface area contributed by atoms with Gasteiger partial charge >= 0.3 is 11.9 Å². The predicted molar refractivity (Wildman–Crippen MR) is 108 cm³/mol. The van der Waals surface area contributed by atoms with E-state index in [9.17, 15) is 0 Å². The highest BCUT2D eigenvalue weighted by molar-refractivity contribution is 6.27. The Balaban J connectivity index is 0.000000527. The molecule has 156 valence electrons. The SMILES string of the molecule is CC1=CCC(CCNC2CC(C)(C)NC(C)(C)C2)C1(C)C.O=C(O)C(=O)O. The molecule has 0 aromatic heterocycles. The van der Waals surface area contributed by atoms with Crippen LogP contribution in [0.15, 0.2) is 11.6 Å². The second-order valence-electron chi connectivity index (χ2n) is 9.89. The smallest absolute Gasteiger partial charge is 0.414 e. The van der Waals surface area contributed by atoms with Crippen LogP contribution in [0.5, 0.6) is 0 Å². The summed E-state index contributed by atoms with van der Waals surface area (Å²) in [5, 5.41) is 22.4. The van der Waals surface area contributed by atoms with E-state index in [1.54, 1.807) is 5.57 Å². The van der Waals surface area contributed by atoms with Crippen LogP contribution in [0.3, 0.4) is 0 Å². The highest BCUT2D eigenvalue weighted by Crippen LogP contribution is 2.44. The van der Waals surface area contributed by atoms with Crippen molar-refractivity contribution >= 4 is 11.9 Å². The number of hydrogen-bond donors (Lipinski definition) is 4. The number of carboxylic acids is 2. The van der Waals surface area contributed by atoms with Crippen LogP contribution in [0, 0.1) is 11.3 Å². The molecule has 1 aliphatic heterocycles. The van der Waals surface area contributed by atoms with E-state index in [4.69, 9.17) is 19.8 Å². The van der Waals surface area contributed by atoms with Gasteiger partial charge in [0.2, 0.25) is 0 Å². The summed E-state index contributed by atoms with van der Waals surface area (Å²) < 4.78 is 0. The maximum absolute atomic E-state index is 9.10. The van der Waals surface area contributed by atoms with Crippen molar-refractivity contribution in [2.75, 3.05) is 6.54 Å². The molecule has 1 unspecified atom stereocenters. The molecule has 0 aromatic rings. The van der Waals surface area contributed by atoms with Crippen molar-refractivity contribution in [3.05, 3.63) is 11.6 Å². The molecule has 0 spiro atoms. The van der Waals surface area contributed by atoms with Gasteiger partial charge in [-0.2, -0.15) is 0 Å². The number of hydrogen-bond acceptors (Lipinski definition) is 4. The third-order valence-electron chi connectivity index (χ3n) is 6.04. The van der Waals surface area contributed by atoms with Gasteiger partial charge in [-0.3, -0.25) is 0 Å². The highest BCUT2D eigenvalue weighted by Gasteiger charge is 2.38. The zero-order chi connectivity index (χ0) is 21.0. The maximum atomic E-state index is 9.10. The Morgan fingerprint density at radius 1 is 1.07 bits per heavy atom. The molecular weight excluding hydrogens is 344 g/mol. The van der Waals surface area contributed by atoms with E-state index in [2.05, 4.69) is 65.2 Å². The van der Waals surface area contributed by atoms with Gasteiger partial charge < -0.3 is 20.8 Å². The predicted octanol–water partition coefficient (Wildman–Crippen LogP) is 3.42. The summed E-state index contributed by atoms with van der Waals surface area (Å²) in [4.78, 5) is 18.2. The van der Waals surface area contributed by atoms with E-state index in [-0.39, 0.29) is 11.1 Å². The zero-order valence-corrected chi connectivity index (χ0v) is 18.0. The minimum Gasteiger partial charge on any atom is -0.473 e. The van der Waals surface area contributed by atoms with Crippen LogP contribution in [0.25, 0.3) is 0 Å². The van der Waals surface area contributed by atoms with Gasteiger partial charge in [-0.25, -0.2) is 9.59 Å². The lowest BCUT2D eigenvalue weighted by atomic mass is 9.76. The Bertz CT molecular complexity index is 551. The first-order chi connectivity index (χ1) is 12.2. The second-order valence-corrected chi connectivity index (χ2v) is 9.89. The fourth-order valence-corrected chi connectivity index (χ4v) is 4.61. The molecule has 1 atom stereocenters. The maximum Gasteiger partial charge on any atom is 0.414 e. The number of piperidine rings is 1. The van der Waals surface area contributed by atoms with Crippen LogP contribution in [-0.4, -0.2) is 45.8 Å². The van der Waals surface area contributed by atoms with E-state index in [1.165, 1.54) is 25.7 Å². The van der Waals surface area contributed by atoms with Crippen molar-refractivity contribution in [2.45, 2.75) is 91.3 Å². The Labute approximate surface area is 163 Å². The number of carbonyl (C=O) groups is 2. The largest absolute Gasteiger partial charge is 0.473 e. The standard InChI is InChI=1S/C19H36N2.C2H2O4/c1-14-8-9-15(19(14,6)7)10-11-20-16-12-17(2,3)21-18(4,5)13-16;3-1(4)2(5)6/h8,15-16,20-21H,9-13H2,1-7H3;(H,3,4)(H,5,6). The Morgan fingerprint density at radius 3 is 1.93 bits per heavy atom. The van der Waals surface area contributed by atoms with Crippen LogP contribution < -0.4 is 10.6 Å². The van der Waals surface area contributed by atoms with Gasteiger partial charge in [-0.15, -0.1) is 0 Å². The van der Waals surface area contributed by atoms with Crippen molar-refractivity contribution < 1.29 is 19.8 Å². The number of nitrogens with one attached hydrogen (secondary N) is 2. The zero-order valence-electron chi connectivity index (χ0n) is 18.0. The van der Waals surface area contributed by atoms with Gasteiger partial charge in [0.1, 0.15) is 0 Å². The van der Waals surface area contributed by atoms with Gasteiger partial charge in [-0.1, -0.05) is 25.5 Å². The first-order valence-corrected chi connectivity index (χ1v) is 9.82. The molecule has 0 aromatic carbocycles. The van der Waals surface area contributed by atoms with E-state index in [1.807, 2.05) is 0 Å². The molecule has 1 aliphatic carbocycles. The van der Waals surface area contributed by atoms with E-state index in [0.29, 0.717) is 11.5 Å². The summed E-state index contributed by atoms with van der Waals surface area (Å²) in [5.74, 6) is -2.84. The monoisotopic (exact) mass is 382 g/mol. The number of carboxylic acid groups (broad SMARTS) is 2. The van der Waals surface area contributed by atoms with Gasteiger partial charge in [0, 0.05) is 17.1 Å². The first kappa shape index (κ1) is 23.6. The Hall–Kier alpha value is -1.40. The molecule has 0 radical (unpaired) electrons. The van der Waals surface area contributed by atoms with Crippen LogP contribution in [0.4, 0.5) is 0 Å². The summed E-state index contributed by atoms with van der Waals surface area (Å²) in [6, 6.07) is 0.648. The Morgan fingerprint density at radius 2 is 1.56 bits per heavy atom. The van der Waals surface area contributed by atoms with Crippen molar-refractivity contribution in [2.24, 2.45) is 11.3 Å². The van der Waals surface area contributed by atoms with Gasteiger partial charge in [0.25, 0.3) is 0 Å². The molecule has 0 amide bonds. The summed E-state index contributed by atoms with van der Waals surface area (Å²) in [5.41, 5.74) is 2.46. The lowest BCUT2D eigenvalue weighted by molar-refractivity contribution is -0.159. The van der Waals surface area contributed by atoms with Crippen LogP contribution in [0.2, 0.25) is 0 Å². The third-order valence-corrected chi connectivity index (χ3v) is 6.04. The quantitative estimate of drug-likeness (QED) is 0.439. The molecule has 1 heterocycles. The van der Waals surface area contributed by atoms with Crippen LogP contribution >= 0.6 is 0 Å². The molecule has 6 nitrogen and oxygen atoms in total. The van der Waals surface area contributed by atoms with E-state index in [0.717, 1.165) is 12.5 Å². The van der Waals surface area contributed by atoms with Crippen LogP contribution in [-0.2, 0) is 9.59 Å². The summed E-state index contributed by atoms with van der Waals surface area (Å²) in [6.45, 7) is 17.6. The van der Waals surface area contributed by atoms with Crippen molar-refractivity contribution in [1.29, 1.82) is 0 Å². The molecule has 2 aliphatic rings.